The summed E-state index contributed by atoms with van der Waals surface area (Å²) in [4.78, 5) is 0. The molecule has 0 aromatic heterocycles. The monoisotopic (exact) mass is 134 g/mol. The van der Waals surface area contributed by atoms with Gasteiger partial charge in [-0.15, -0.1) is 0 Å². The van der Waals surface area contributed by atoms with Crippen LogP contribution in [-0.4, -0.2) is 29.7 Å². The number of rotatable bonds is 1. The average molecular weight is 134 g/mol. The summed E-state index contributed by atoms with van der Waals surface area (Å²) in [6, 6.07) is 0. The van der Waals surface area contributed by atoms with E-state index in [0.717, 1.165) is 6.42 Å². The van der Waals surface area contributed by atoms with E-state index in [1.54, 1.807) is 0 Å². The molecule has 3 heteroatoms. The summed E-state index contributed by atoms with van der Waals surface area (Å²) >= 11 is 4.17. The molecule has 1 aliphatic rings. The highest BCUT2D eigenvalue weighted by molar-refractivity contribution is 7.81. The van der Waals surface area contributed by atoms with Crippen LogP contribution in [0.5, 0.6) is 0 Å². The fourth-order valence-corrected chi connectivity index (χ4v) is 1.14. The first-order chi connectivity index (χ1) is 3.83. The first kappa shape index (κ1) is 6.39. The van der Waals surface area contributed by atoms with Crippen molar-refractivity contribution in [1.29, 1.82) is 0 Å². The Morgan fingerprint density at radius 2 is 2.50 bits per heavy atom. The molecule has 0 aromatic rings. The number of aliphatic hydroxyl groups is 1. The topological polar surface area (TPSA) is 29.5 Å². The molecule has 2 atom stereocenters. The lowest BCUT2D eigenvalue weighted by molar-refractivity contribution is 0.0593. The second kappa shape index (κ2) is 2.71. The molecule has 0 aliphatic carbocycles. The average Bonchev–Trinajstić information content (AvgIpc) is 2.14. The molecule has 0 bridgehead atoms. The SMILES string of the molecule is OC[C@H]1C[C@@H](S)CO1. The molecule has 8 heavy (non-hydrogen) atoms. The summed E-state index contributed by atoms with van der Waals surface area (Å²) < 4.78 is 5.09. The van der Waals surface area contributed by atoms with E-state index in [9.17, 15) is 0 Å². The van der Waals surface area contributed by atoms with Crippen LogP contribution in [0.4, 0.5) is 0 Å². The zero-order chi connectivity index (χ0) is 5.98. The molecule has 0 radical (unpaired) electrons. The van der Waals surface area contributed by atoms with E-state index in [1.165, 1.54) is 0 Å². The molecule has 0 spiro atoms. The normalized spacial score (nSPS) is 38.2. The van der Waals surface area contributed by atoms with Crippen molar-refractivity contribution < 1.29 is 9.84 Å². The summed E-state index contributed by atoms with van der Waals surface area (Å²) in [6.07, 6.45) is 0.942. The van der Waals surface area contributed by atoms with Gasteiger partial charge >= 0.3 is 0 Å². The van der Waals surface area contributed by atoms with Gasteiger partial charge in [-0.2, -0.15) is 12.6 Å². The van der Waals surface area contributed by atoms with Gasteiger partial charge < -0.3 is 9.84 Å². The molecular formula is C5H10O2S. The van der Waals surface area contributed by atoms with E-state index < -0.39 is 0 Å². The van der Waals surface area contributed by atoms with Crippen molar-refractivity contribution in [2.24, 2.45) is 0 Å². The molecule has 48 valence electrons. The molecule has 1 aliphatic heterocycles. The zero-order valence-electron chi connectivity index (χ0n) is 4.58. The van der Waals surface area contributed by atoms with Crippen LogP contribution in [0.2, 0.25) is 0 Å². The minimum atomic E-state index is 0.0532. The molecule has 2 nitrogen and oxygen atoms in total. The van der Waals surface area contributed by atoms with Gasteiger partial charge in [0.2, 0.25) is 0 Å². The van der Waals surface area contributed by atoms with Crippen molar-refractivity contribution in [3.05, 3.63) is 0 Å². The minimum Gasteiger partial charge on any atom is -0.394 e. The van der Waals surface area contributed by atoms with Gasteiger partial charge in [-0.3, -0.25) is 0 Å². The molecule has 1 rings (SSSR count). The maximum absolute atomic E-state index is 8.52. The minimum absolute atomic E-state index is 0.0532. The number of aliphatic hydroxyl groups excluding tert-OH is 1. The van der Waals surface area contributed by atoms with Gasteiger partial charge in [0, 0.05) is 5.25 Å². The number of thiol groups is 1. The van der Waals surface area contributed by atoms with Crippen LogP contribution in [-0.2, 0) is 4.74 Å². The Kier molecular flexibility index (Phi) is 2.16. The van der Waals surface area contributed by atoms with Crippen molar-refractivity contribution >= 4 is 12.6 Å². The Bertz CT molecular complexity index is 76.8. The first-order valence-electron chi connectivity index (χ1n) is 2.73. The Labute approximate surface area is 54.3 Å². The third-order valence-corrected chi connectivity index (χ3v) is 1.62. The van der Waals surface area contributed by atoms with Gasteiger partial charge in [-0.1, -0.05) is 0 Å². The van der Waals surface area contributed by atoms with Crippen LogP contribution >= 0.6 is 12.6 Å². The maximum Gasteiger partial charge on any atom is 0.0817 e. The molecule has 0 unspecified atom stereocenters. The lowest BCUT2D eigenvalue weighted by Gasteiger charge is -2.00. The van der Waals surface area contributed by atoms with Crippen LogP contribution in [0, 0.1) is 0 Å². The van der Waals surface area contributed by atoms with Crippen molar-refractivity contribution in [3.63, 3.8) is 0 Å². The number of hydrogen-bond donors (Lipinski definition) is 2. The Morgan fingerprint density at radius 1 is 1.75 bits per heavy atom. The predicted octanol–water partition coefficient (Wildman–Crippen LogP) is 0.0660. The van der Waals surface area contributed by atoms with E-state index in [-0.39, 0.29) is 12.7 Å². The molecule has 1 saturated heterocycles. The summed E-state index contributed by atoms with van der Waals surface area (Å²) in [6.45, 7) is 0.825. The summed E-state index contributed by atoms with van der Waals surface area (Å²) in [7, 11) is 0. The fourth-order valence-electron chi connectivity index (χ4n) is 0.814. The predicted molar refractivity (Wildman–Crippen MR) is 34.2 cm³/mol. The van der Waals surface area contributed by atoms with Crippen molar-refractivity contribution in [3.8, 4) is 0 Å². The second-order valence-electron chi connectivity index (χ2n) is 2.03. The highest BCUT2D eigenvalue weighted by Gasteiger charge is 2.21. The van der Waals surface area contributed by atoms with Crippen LogP contribution in [0.3, 0.4) is 0 Å². The third-order valence-electron chi connectivity index (χ3n) is 1.26. The smallest absolute Gasteiger partial charge is 0.0817 e. The standard InChI is InChI=1S/C5H10O2S/c6-2-4-1-5(8)3-7-4/h4-6,8H,1-3H2/t4-,5-/m1/s1. The molecule has 0 amide bonds. The molecule has 1 N–H and O–H groups in total. The van der Waals surface area contributed by atoms with E-state index in [1.807, 2.05) is 0 Å². The molecular weight excluding hydrogens is 124 g/mol. The zero-order valence-corrected chi connectivity index (χ0v) is 5.47. The van der Waals surface area contributed by atoms with Crippen molar-refractivity contribution in [2.45, 2.75) is 17.8 Å². The van der Waals surface area contributed by atoms with E-state index in [0.29, 0.717) is 11.9 Å². The summed E-state index contributed by atoms with van der Waals surface area (Å²) in [5.41, 5.74) is 0. The quantitative estimate of drug-likeness (QED) is 0.497. The lowest BCUT2D eigenvalue weighted by Crippen LogP contribution is -2.09. The van der Waals surface area contributed by atoms with Crippen LogP contribution < -0.4 is 0 Å². The summed E-state index contributed by atoms with van der Waals surface area (Å²) in [5.74, 6) is 0. The summed E-state index contributed by atoms with van der Waals surface area (Å²) in [5, 5.41) is 8.86. The largest absolute Gasteiger partial charge is 0.394 e. The van der Waals surface area contributed by atoms with Gasteiger partial charge in [0.15, 0.2) is 0 Å². The number of hydrogen-bond acceptors (Lipinski definition) is 3. The van der Waals surface area contributed by atoms with Gasteiger partial charge in [0.25, 0.3) is 0 Å². The van der Waals surface area contributed by atoms with Crippen molar-refractivity contribution in [2.75, 3.05) is 13.2 Å². The Balaban J connectivity index is 2.22. The van der Waals surface area contributed by atoms with Gasteiger partial charge in [0.1, 0.15) is 0 Å². The van der Waals surface area contributed by atoms with E-state index in [2.05, 4.69) is 12.6 Å². The van der Waals surface area contributed by atoms with Crippen LogP contribution in [0.15, 0.2) is 0 Å². The molecule has 1 fully saturated rings. The van der Waals surface area contributed by atoms with Gasteiger partial charge in [0.05, 0.1) is 19.3 Å². The molecule has 0 aromatic carbocycles. The lowest BCUT2D eigenvalue weighted by atomic mass is 10.2. The second-order valence-corrected chi connectivity index (χ2v) is 2.76. The van der Waals surface area contributed by atoms with Crippen LogP contribution in [0.1, 0.15) is 6.42 Å². The van der Waals surface area contributed by atoms with Crippen molar-refractivity contribution in [1.82, 2.24) is 0 Å². The molecule has 0 saturated carbocycles. The number of ether oxygens (including phenoxy) is 1. The first-order valence-corrected chi connectivity index (χ1v) is 3.25. The highest BCUT2D eigenvalue weighted by atomic mass is 32.1. The van der Waals surface area contributed by atoms with E-state index in [4.69, 9.17) is 9.84 Å². The third kappa shape index (κ3) is 1.37. The van der Waals surface area contributed by atoms with Gasteiger partial charge in [-0.05, 0) is 6.42 Å². The van der Waals surface area contributed by atoms with E-state index >= 15 is 0 Å². The van der Waals surface area contributed by atoms with Crippen LogP contribution in [0.25, 0.3) is 0 Å². The maximum atomic E-state index is 8.52. The highest BCUT2D eigenvalue weighted by Crippen LogP contribution is 2.16. The fraction of sp³-hybridized carbons (Fsp3) is 1.00. The molecule has 1 heterocycles. The Hall–Kier alpha value is 0.270. The Morgan fingerprint density at radius 3 is 2.75 bits per heavy atom. The van der Waals surface area contributed by atoms with Gasteiger partial charge in [-0.25, -0.2) is 0 Å².